The molecule has 1 aromatic rings. The highest BCUT2D eigenvalue weighted by Gasteiger charge is 2.46. The molecule has 3 rings (SSSR count). The molecule has 0 saturated carbocycles. The molecule has 1 atom stereocenters. The summed E-state index contributed by atoms with van der Waals surface area (Å²) in [5, 5.41) is 0. The Morgan fingerprint density at radius 2 is 1.97 bits per heavy atom. The highest BCUT2D eigenvalue weighted by molar-refractivity contribution is 7.88. The third kappa shape index (κ3) is 7.16. The van der Waals surface area contributed by atoms with Crippen LogP contribution >= 0.6 is 0 Å². The number of hydrogen-bond donors (Lipinski definition) is 1. The highest BCUT2D eigenvalue weighted by Crippen LogP contribution is 2.29. The largest absolute Gasteiger partial charge is 0.491 e. The van der Waals surface area contributed by atoms with Crippen molar-refractivity contribution in [1.82, 2.24) is 14.5 Å². The molecule has 9 nitrogen and oxygen atoms in total. The Kier molecular flexibility index (Phi) is 9.32. The minimum absolute atomic E-state index is 0.119. The predicted octanol–water partition coefficient (Wildman–Crippen LogP) is 1.57. The maximum absolute atomic E-state index is 13.9. The van der Waals surface area contributed by atoms with Gasteiger partial charge in [0.05, 0.1) is 32.5 Å². The molecule has 2 amide bonds. The topological polar surface area (TPSA) is 105 Å². The van der Waals surface area contributed by atoms with E-state index in [0.29, 0.717) is 32.7 Å². The van der Waals surface area contributed by atoms with Gasteiger partial charge >= 0.3 is 0 Å². The first-order valence-electron chi connectivity index (χ1n) is 12.1. The summed E-state index contributed by atoms with van der Waals surface area (Å²) in [6.07, 6.45) is 5.77. The number of rotatable bonds is 6. The number of aryl methyl sites for hydroxylation is 1. The van der Waals surface area contributed by atoms with Crippen LogP contribution in [0.2, 0.25) is 0 Å². The summed E-state index contributed by atoms with van der Waals surface area (Å²) in [7, 11) is -3.49. The molecule has 1 aromatic carbocycles. The normalized spacial score (nSPS) is 22.5. The van der Waals surface area contributed by atoms with Gasteiger partial charge in [-0.25, -0.2) is 13.1 Å². The first-order chi connectivity index (χ1) is 16.2. The molecule has 1 N–H and O–H groups in total. The van der Waals surface area contributed by atoms with Crippen LogP contribution in [0.25, 0.3) is 0 Å². The van der Waals surface area contributed by atoms with Crippen molar-refractivity contribution in [3.8, 4) is 5.75 Å². The highest BCUT2D eigenvalue weighted by atomic mass is 32.2. The molecule has 0 bridgehead atoms. The molecule has 0 aliphatic carbocycles. The predicted molar refractivity (Wildman–Crippen MR) is 129 cm³/mol. The number of benzene rings is 1. The van der Waals surface area contributed by atoms with Gasteiger partial charge in [-0.2, -0.15) is 0 Å². The molecule has 1 fully saturated rings. The van der Waals surface area contributed by atoms with E-state index in [4.69, 9.17) is 9.47 Å². The molecule has 2 heterocycles. The third-order valence-electron chi connectivity index (χ3n) is 6.35. The average Bonchev–Trinajstić information content (AvgIpc) is 2.82. The minimum atomic E-state index is -3.49. The van der Waals surface area contributed by atoms with Crippen LogP contribution in [0.3, 0.4) is 0 Å². The van der Waals surface area contributed by atoms with Gasteiger partial charge in [-0.3, -0.25) is 9.59 Å². The number of para-hydroxylation sites is 1. The fourth-order valence-electron chi connectivity index (χ4n) is 4.48. The van der Waals surface area contributed by atoms with Gasteiger partial charge in [-0.1, -0.05) is 31.5 Å². The van der Waals surface area contributed by atoms with Crippen molar-refractivity contribution in [2.24, 2.45) is 0 Å². The zero-order valence-electron chi connectivity index (χ0n) is 20.3. The molecule has 1 unspecified atom stereocenters. The number of morpholine rings is 1. The third-order valence-corrected chi connectivity index (χ3v) is 7.02. The molecule has 2 aliphatic heterocycles. The zero-order chi connectivity index (χ0) is 24.6. The lowest BCUT2D eigenvalue weighted by Gasteiger charge is -2.44. The second kappa shape index (κ2) is 12.0. The van der Waals surface area contributed by atoms with E-state index in [1.54, 1.807) is 9.80 Å². The van der Waals surface area contributed by atoms with Gasteiger partial charge in [0, 0.05) is 13.1 Å². The average molecular weight is 496 g/mol. The summed E-state index contributed by atoms with van der Waals surface area (Å²) < 4.78 is 37.3. The number of carbonyl (C=O) groups is 2. The lowest BCUT2D eigenvalue weighted by atomic mass is 9.90. The Balaban J connectivity index is 1.81. The number of amides is 2. The number of sulfonamides is 1. The fourth-order valence-corrected chi connectivity index (χ4v) is 4.87. The number of fused-ring (bicyclic) bond motifs is 1. The Labute approximate surface area is 202 Å². The van der Waals surface area contributed by atoms with Crippen molar-refractivity contribution >= 4 is 21.8 Å². The standard InChI is InChI=1S/C24H37N3O6S/c1-3-4-13-26-14-16-32-21-11-6-5-9-20(21)10-7-8-12-24(23(26)29)19-27(15-17-33-24)22(28)18-25-34(2,30)31/h5-6,9,11,25H,3-4,7-8,10,12-19H2,1-2H3. The van der Waals surface area contributed by atoms with Crippen LogP contribution in [-0.4, -0.2) is 87.8 Å². The maximum Gasteiger partial charge on any atom is 0.256 e. The molecule has 0 aromatic heterocycles. The number of unbranched alkanes of at least 4 members (excludes halogenated alkanes) is 1. The number of hydrogen-bond acceptors (Lipinski definition) is 6. The van der Waals surface area contributed by atoms with Crippen molar-refractivity contribution in [3.05, 3.63) is 29.8 Å². The Bertz CT molecular complexity index is 954. The molecule has 1 spiro atoms. The van der Waals surface area contributed by atoms with Crippen LogP contribution in [0.15, 0.2) is 24.3 Å². The number of nitrogens with zero attached hydrogens (tertiary/aromatic N) is 2. The first-order valence-corrected chi connectivity index (χ1v) is 14.0. The van der Waals surface area contributed by atoms with E-state index in [1.807, 2.05) is 18.2 Å². The molecular formula is C24H37N3O6S. The Morgan fingerprint density at radius 1 is 1.18 bits per heavy atom. The Morgan fingerprint density at radius 3 is 2.74 bits per heavy atom. The van der Waals surface area contributed by atoms with E-state index in [0.717, 1.165) is 49.7 Å². The molecule has 190 valence electrons. The number of carbonyl (C=O) groups excluding carboxylic acids is 2. The van der Waals surface area contributed by atoms with Crippen molar-refractivity contribution in [1.29, 1.82) is 0 Å². The molecule has 0 radical (unpaired) electrons. The summed E-state index contributed by atoms with van der Waals surface area (Å²) in [5.74, 6) is 0.390. The van der Waals surface area contributed by atoms with Crippen molar-refractivity contribution < 1.29 is 27.5 Å². The van der Waals surface area contributed by atoms with Gasteiger partial charge in [-0.15, -0.1) is 0 Å². The SMILES string of the molecule is CCCCN1CCOc2ccccc2CCCCC2(CN(C(=O)CNS(C)(=O)=O)CCO2)C1=O. The van der Waals surface area contributed by atoms with Crippen LogP contribution in [0, 0.1) is 0 Å². The van der Waals surface area contributed by atoms with Gasteiger partial charge in [0.25, 0.3) is 5.91 Å². The second-order valence-corrected chi connectivity index (χ2v) is 10.9. The lowest BCUT2D eigenvalue weighted by molar-refractivity contribution is -0.176. The zero-order valence-corrected chi connectivity index (χ0v) is 21.1. The smallest absolute Gasteiger partial charge is 0.256 e. The quantitative estimate of drug-likeness (QED) is 0.642. The molecule has 34 heavy (non-hydrogen) atoms. The van der Waals surface area contributed by atoms with E-state index in [1.165, 1.54) is 0 Å². The van der Waals surface area contributed by atoms with Gasteiger partial charge in [0.1, 0.15) is 12.4 Å². The van der Waals surface area contributed by atoms with Gasteiger partial charge < -0.3 is 19.3 Å². The minimum Gasteiger partial charge on any atom is -0.491 e. The second-order valence-electron chi connectivity index (χ2n) is 9.06. The van der Waals surface area contributed by atoms with Gasteiger partial charge in [0.2, 0.25) is 15.9 Å². The Hall–Kier alpha value is -2.17. The number of nitrogens with one attached hydrogen (secondary N) is 1. The number of ether oxygens (including phenoxy) is 2. The molecule has 1 saturated heterocycles. The summed E-state index contributed by atoms with van der Waals surface area (Å²) in [5.41, 5.74) is 0.0163. The molecule has 2 aliphatic rings. The van der Waals surface area contributed by atoms with E-state index in [2.05, 4.69) is 17.7 Å². The summed E-state index contributed by atoms with van der Waals surface area (Å²) >= 11 is 0. The van der Waals surface area contributed by atoms with Crippen LogP contribution in [0.5, 0.6) is 5.75 Å². The maximum atomic E-state index is 13.9. The summed E-state index contributed by atoms with van der Waals surface area (Å²) in [4.78, 5) is 30.0. The van der Waals surface area contributed by atoms with Crippen molar-refractivity contribution in [2.75, 3.05) is 52.2 Å². The van der Waals surface area contributed by atoms with Crippen molar-refractivity contribution in [3.63, 3.8) is 0 Å². The van der Waals surface area contributed by atoms with E-state index in [-0.39, 0.29) is 31.5 Å². The summed E-state index contributed by atoms with van der Waals surface area (Å²) in [6.45, 7) is 3.83. The van der Waals surface area contributed by atoms with E-state index >= 15 is 0 Å². The monoisotopic (exact) mass is 495 g/mol. The van der Waals surface area contributed by atoms with E-state index < -0.39 is 15.6 Å². The van der Waals surface area contributed by atoms with Crippen LogP contribution < -0.4 is 9.46 Å². The van der Waals surface area contributed by atoms with Crippen LogP contribution in [0.4, 0.5) is 0 Å². The first kappa shape index (κ1) is 26.4. The molecular weight excluding hydrogens is 458 g/mol. The van der Waals surface area contributed by atoms with Gasteiger partial charge in [-0.05, 0) is 43.7 Å². The van der Waals surface area contributed by atoms with E-state index in [9.17, 15) is 18.0 Å². The summed E-state index contributed by atoms with van der Waals surface area (Å²) in [6, 6.07) is 8.01. The van der Waals surface area contributed by atoms with Crippen LogP contribution in [0.1, 0.15) is 44.6 Å². The lowest BCUT2D eigenvalue weighted by Crippen LogP contribution is -2.62. The van der Waals surface area contributed by atoms with Crippen molar-refractivity contribution in [2.45, 2.75) is 51.0 Å². The fraction of sp³-hybridized carbons (Fsp3) is 0.667. The van der Waals surface area contributed by atoms with Crippen LogP contribution in [-0.2, 0) is 30.8 Å². The van der Waals surface area contributed by atoms with Gasteiger partial charge in [0.15, 0.2) is 5.60 Å². The molecule has 10 heteroatoms.